The molecule has 1 aliphatic heterocycles. The topological polar surface area (TPSA) is 51.9 Å². The van der Waals surface area contributed by atoms with Gasteiger partial charge in [0.2, 0.25) is 0 Å². The van der Waals surface area contributed by atoms with Crippen LogP contribution in [0.1, 0.15) is 38.9 Å². The molecule has 1 N–H and O–H groups in total. The fourth-order valence-electron chi connectivity index (χ4n) is 2.59. The molecule has 18 heavy (non-hydrogen) atoms. The SMILES string of the molecule is CCC(C)C(Cn1nc2n(c1=O)CCCC2)NC. The molecule has 0 fully saturated rings. The van der Waals surface area contributed by atoms with E-state index in [9.17, 15) is 4.79 Å². The Kier molecular flexibility index (Phi) is 4.22. The zero-order chi connectivity index (χ0) is 13.1. The van der Waals surface area contributed by atoms with Crippen LogP contribution in [0.5, 0.6) is 0 Å². The minimum absolute atomic E-state index is 0.0632. The van der Waals surface area contributed by atoms with Crippen LogP contribution in [-0.4, -0.2) is 27.4 Å². The smallest absolute Gasteiger partial charge is 0.315 e. The minimum atomic E-state index is 0.0632. The molecular formula is C13H24N4O. The number of aromatic nitrogens is 3. The van der Waals surface area contributed by atoms with E-state index < -0.39 is 0 Å². The first-order valence-electron chi connectivity index (χ1n) is 7.01. The maximum Gasteiger partial charge on any atom is 0.345 e. The summed E-state index contributed by atoms with van der Waals surface area (Å²) in [6.45, 7) is 5.89. The Morgan fingerprint density at radius 2 is 2.22 bits per heavy atom. The molecule has 102 valence electrons. The lowest BCUT2D eigenvalue weighted by Gasteiger charge is -2.21. The van der Waals surface area contributed by atoms with Crippen LogP contribution >= 0.6 is 0 Å². The highest BCUT2D eigenvalue weighted by Gasteiger charge is 2.20. The zero-order valence-electron chi connectivity index (χ0n) is 11.6. The van der Waals surface area contributed by atoms with Crippen LogP contribution in [0.3, 0.4) is 0 Å². The predicted octanol–water partition coefficient (Wildman–Crippen LogP) is 1.02. The van der Waals surface area contributed by atoms with Crippen molar-refractivity contribution in [2.24, 2.45) is 5.92 Å². The summed E-state index contributed by atoms with van der Waals surface area (Å²) in [6, 6.07) is 0.310. The number of fused-ring (bicyclic) bond motifs is 1. The number of hydrogen-bond acceptors (Lipinski definition) is 3. The maximum atomic E-state index is 12.2. The van der Waals surface area contributed by atoms with Crippen molar-refractivity contribution in [3.8, 4) is 0 Å². The Balaban J connectivity index is 2.18. The van der Waals surface area contributed by atoms with Crippen molar-refractivity contribution >= 4 is 0 Å². The number of aryl methyl sites for hydroxylation is 1. The number of nitrogens with zero attached hydrogens (tertiary/aromatic N) is 3. The van der Waals surface area contributed by atoms with E-state index in [1.807, 2.05) is 11.6 Å². The molecule has 1 aromatic heterocycles. The van der Waals surface area contributed by atoms with Crippen molar-refractivity contribution in [1.82, 2.24) is 19.7 Å². The molecule has 2 atom stereocenters. The van der Waals surface area contributed by atoms with E-state index >= 15 is 0 Å². The molecule has 0 amide bonds. The molecular weight excluding hydrogens is 228 g/mol. The van der Waals surface area contributed by atoms with E-state index in [2.05, 4.69) is 24.3 Å². The van der Waals surface area contributed by atoms with Gasteiger partial charge in [-0.15, -0.1) is 0 Å². The second kappa shape index (κ2) is 5.69. The van der Waals surface area contributed by atoms with Gasteiger partial charge in [0.15, 0.2) is 0 Å². The fourth-order valence-corrected chi connectivity index (χ4v) is 2.59. The average Bonchev–Trinajstić information content (AvgIpc) is 2.72. The van der Waals surface area contributed by atoms with Gasteiger partial charge in [-0.05, 0) is 25.8 Å². The molecule has 2 unspecified atom stereocenters. The van der Waals surface area contributed by atoms with Gasteiger partial charge in [0, 0.05) is 19.0 Å². The quantitative estimate of drug-likeness (QED) is 0.851. The van der Waals surface area contributed by atoms with Crippen molar-refractivity contribution < 1.29 is 0 Å². The van der Waals surface area contributed by atoms with Crippen LogP contribution in [0.2, 0.25) is 0 Å². The largest absolute Gasteiger partial charge is 0.345 e. The molecule has 2 heterocycles. The van der Waals surface area contributed by atoms with Crippen LogP contribution < -0.4 is 11.0 Å². The third-order valence-corrected chi connectivity index (χ3v) is 4.10. The van der Waals surface area contributed by atoms with E-state index in [1.54, 1.807) is 4.68 Å². The van der Waals surface area contributed by atoms with Crippen LogP contribution in [0.25, 0.3) is 0 Å². The summed E-state index contributed by atoms with van der Waals surface area (Å²) in [4.78, 5) is 12.2. The van der Waals surface area contributed by atoms with Crippen LogP contribution in [-0.2, 0) is 19.5 Å². The molecule has 1 aliphatic rings. The Labute approximate surface area is 108 Å². The lowest BCUT2D eigenvalue weighted by molar-refractivity contribution is 0.330. The predicted molar refractivity (Wildman–Crippen MR) is 71.7 cm³/mol. The van der Waals surface area contributed by atoms with Crippen molar-refractivity contribution in [2.75, 3.05) is 7.05 Å². The summed E-state index contributed by atoms with van der Waals surface area (Å²) >= 11 is 0. The average molecular weight is 252 g/mol. The highest BCUT2D eigenvalue weighted by atomic mass is 16.2. The normalized spacial score (nSPS) is 18.4. The van der Waals surface area contributed by atoms with Gasteiger partial charge in [0.25, 0.3) is 0 Å². The Morgan fingerprint density at radius 1 is 1.44 bits per heavy atom. The van der Waals surface area contributed by atoms with Gasteiger partial charge in [0.05, 0.1) is 6.54 Å². The molecule has 1 aromatic rings. The molecule has 5 nitrogen and oxygen atoms in total. The highest BCUT2D eigenvalue weighted by Crippen LogP contribution is 2.11. The van der Waals surface area contributed by atoms with E-state index in [4.69, 9.17) is 0 Å². The number of hydrogen-bond donors (Lipinski definition) is 1. The van der Waals surface area contributed by atoms with Gasteiger partial charge < -0.3 is 5.32 Å². The summed E-state index contributed by atoms with van der Waals surface area (Å²) < 4.78 is 3.49. The van der Waals surface area contributed by atoms with E-state index in [1.165, 1.54) is 0 Å². The zero-order valence-corrected chi connectivity index (χ0v) is 11.6. The van der Waals surface area contributed by atoms with Crippen LogP contribution in [0.4, 0.5) is 0 Å². The van der Waals surface area contributed by atoms with E-state index in [-0.39, 0.29) is 5.69 Å². The van der Waals surface area contributed by atoms with Crippen LogP contribution in [0, 0.1) is 5.92 Å². The highest BCUT2D eigenvalue weighted by molar-refractivity contribution is 4.92. The van der Waals surface area contributed by atoms with E-state index in [0.717, 1.165) is 38.1 Å². The molecule has 0 spiro atoms. The third kappa shape index (κ3) is 2.51. The third-order valence-electron chi connectivity index (χ3n) is 4.10. The Hall–Kier alpha value is -1.10. The lowest BCUT2D eigenvalue weighted by Crippen LogP contribution is -2.39. The van der Waals surface area contributed by atoms with Gasteiger partial charge in [-0.1, -0.05) is 20.3 Å². The summed E-state index contributed by atoms with van der Waals surface area (Å²) in [6.07, 6.45) is 4.29. The maximum absolute atomic E-state index is 12.2. The van der Waals surface area contributed by atoms with Crippen molar-refractivity contribution in [1.29, 1.82) is 0 Å². The Morgan fingerprint density at radius 3 is 2.83 bits per heavy atom. The van der Waals surface area contributed by atoms with Crippen molar-refractivity contribution in [2.45, 2.75) is 58.7 Å². The fraction of sp³-hybridized carbons (Fsp3) is 0.846. The van der Waals surface area contributed by atoms with Gasteiger partial charge >= 0.3 is 5.69 Å². The standard InChI is InChI=1S/C13H24N4O/c1-4-10(2)11(14-3)9-17-13(18)16-8-6-5-7-12(16)15-17/h10-11,14H,4-9H2,1-3H3. The van der Waals surface area contributed by atoms with Gasteiger partial charge in [0.1, 0.15) is 5.82 Å². The second-order valence-electron chi connectivity index (χ2n) is 5.27. The van der Waals surface area contributed by atoms with E-state index in [0.29, 0.717) is 18.5 Å². The van der Waals surface area contributed by atoms with Gasteiger partial charge in [-0.25, -0.2) is 9.48 Å². The number of likely N-dealkylation sites (N-methyl/N-ethyl adjacent to an activating group) is 1. The summed E-state index contributed by atoms with van der Waals surface area (Å²) in [7, 11) is 1.96. The van der Waals surface area contributed by atoms with Crippen LogP contribution in [0.15, 0.2) is 4.79 Å². The molecule has 5 heteroatoms. The van der Waals surface area contributed by atoms with Crippen molar-refractivity contribution in [3.63, 3.8) is 0 Å². The molecule has 0 saturated heterocycles. The first-order valence-corrected chi connectivity index (χ1v) is 7.01. The van der Waals surface area contributed by atoms with Gasteiger partial charge in [-0.3, -0.25) is 4.57 Å². The molecule has 2 rings (SSSR count). The molecule has 0 radical (unpaired) electrons. The van der Waals surface area contributed by atoms with Gasteiger partial charge in [-0.2, -0.15) is 5.10 Å². The molecule has 0 bridgehead atoms. The molecule has 0 aliphatic carbocycles. The Bertz CT molecular complexity index is 448. The lowest BCUT2D eigenvalue weighted by atomic mass is 9.99. The van der Waals surface area contributed by atoms with Crippen molar-refractivity contribution in [3.05, 3.63) is 16.3 Å². The molecule has 0 aromatic carbocycles. The monoisotopic (exact) mass is 252 g/mol. The molecule has 0 saturated carbocycles. The number of rotatable bonds is 5. The summed E-state index contributed by atoms with van der Waals surface area (Å²) in [5.74, 6) is 1.51. The minimum Gasteiger partial charge on any atom is -0.315 e. The second-order valence-corrected chi connectivity index (χ2v) is 5.27. The first-order chi connectivity index (χ1) is 8.67. The summed E-state index contributed by atoms with van der Waals surface area (Å²) in [5, 5.41) is 7.78. The summed E-state index contributed by atoms with van der Waals surface area (Å²) in [5.41, 5.74) is 0.0632. The number of nitrogens with one attached hydrogen (secondary N) is 1. The first kappa shape index (κ1) is 13.3.